The van der Waals surface area contributed by atoms with Crippen LogP contribution in [0.5, 0.6) is 0 Å². The standard InChI is InChI=1S/C18H23.2ClH.Zr/c1-12-9-10-16(15-7-5-4-6-8-15)18-14(3)13(2)11-17(12)18;;;/h9-11,15H,4-8H2,1-3H3;2*1H;/q-1;;;+2/p-2. The summed E-state index contributed by atoms with van der Waals surface area (Å²) in [6.45, 7) is 6.79. The van der Waals surface area contributed by atoms with Crippen molar-refractivity contribution in [3.63, 3.8) is 0 Å². The zero-order chi connectivity index (χ0) is 15.4. The summed E-state index contributed by atoms with van der Waals surface area (Å²) in [4.78, 5) is 0. The first-order valence-electron chi connectivity index (χ1n) is 7.72. The summed E-state index contributed by atoms with van der Waals surface area (Å²) in [5, 5.41) is 3.06. The number of benzene rings is 1. The Kier molecular flexibility index (Phi) is 6.92. The molecule has 2 aromatic rings. The van der Waals surface area contributed by atoms with Gasteiger partial charge in [0.15, 0.2) is 0 Å². The predicted molar refractivity (Wildman–Crippen MR) is 91.3 cm³/mol. The van der Waals surface area contributed by atoms with Gasteiger partial charge in [0.25, 0.3) is 0 Å². The summed E-state index contributed by atoms with van der Waals surface area (Å²) in [6, 6.07) is 7.11. The van der Waals surface area contributed by atoms with Crippen LogP contribution in [0.25, 0.3) is 10.8 Å². The Labute approximate surface area is 147 Å². The quantitative estimate of drug-likeness (QED) is 0.456. The normalized spacial score (nSPS) is 15.7. The van der Waals surface area contributed by atoms with Gasteiger partial charge < -0.3 is 0 Å². The van der Waals surface area contributed by atoms with Gasteiger partial charge in [0.2, 0.25) is 0 Å². The summed E-state index contributed by atoms with van der Waals surface area (Å²) in [6.07, 6.45) is 7.05. The number of hydrogen-bond acceptors (Lipinski definition) is 0. The molecule has 0 saturated heterocycles. The molecule has 0 atom stereocenters. The average molecular weight is 402 g/mol. The van der Waals surface area contributed by atoms with E-state index in [2.05, 4.69) is 39.0 Å². The molecule has 0 bridgehead atoms. The van der Waals surface area contributed by atoms with Gasteiger partial charge in [0.1, 0.15) is 0 Å². The van der Waals surface area contributed by atoms with Crippen molar-refractivity contribution in [2.75, 3.05) is 0 Å². The van der Waals surface area contributed by atoms with Gasteiger partial charge in [-0.05, 0) is 18.8 Å². The molecule has 0 spiro atoms. The first-order valence-corrected chi connectivity index (χ1v) is 14.1. The van der Waals surface area contributed by atoms with E-state index in [0.717, 1.165) is 5.92 Å². The van der Waals surface area contributed by atoms with Crippen molar-refractivity contribution in [1.29, 1.82) is 0 Å². The zero-order valence-corrected chi connectivity index (χ0v) is 17.1. The number of rotatable bonds is 1. The fraction of sp³-hybridized carbons (Fsp3) is 0.500. The summed E-state index contributed by atoms with van der Waals surface area (Å²) in [5.41, 5.74) is 6.02. The van der Waals surface area contributed by atoms with E-state index in [9.17, 15) is 0 Å². The van der Waals surface area contributed by atoms with Gasteiger partial charge in [-0.1, -0.05) is 51.7 Å². The molecule has 0 nitrogen and oxygen atoms in total. The molecule has 114 valence electrons. The van der Waals surface area contributed by atoms with Crippen LogP contribution in [0.3, 0.4) is 0 Å². The van der Waals surface area contributed by atoms with Gasteiger partial charge in [-0.25, -0.2) is 0 Å². The van der Waals surface area contributed by atoms with Crippen LogP contribution < -0.4 is 0 Å². The molecular formula is C18H23Cl2Zr-. The molecule has 0 radical (unpaired) electrons. The minimum absolute atomic E-state index is 0.808. The van der Waals surface area contributed by atoms with Crippen LogP contribution in [0.1, 0.15) is 60.3 Å². The van der Waals surface area contributed by atoms with Crippen LogP contribution in [-0.2, 0) is 20.8 Å². The van der Waals surface area contributed by atoms with Crippen LogP contribution in [-0.4, -0.2) is 0 Å². The fourth-order valence-corrected chi connectivity index (χ4v) is 3.62. The van der Waals surface area contributed by atoms with E-state index in [1.807, 2.05) is 0 Å². The Morgan fingerprint density at radius 3 is 2.29 bits per heavy atom. The van der Waals surface area contributed by atoms with Crippen molar-refractivity contribution < 1.29 is 20.8 Å². The first-order chi connectivity index (χ1) is 10.1. The Morgan fingerprint density at radius 2 is 1.67 bits per heavy atom. The first kappa shape index (κ1) is 17.6. The van der Waals surface area contributed by atoms with E-state index in [1.54, 1.807) is 10.9 Å². The molecule has 1 aliphatic carbocycles. The monoisotopic (exact) mass is 399 g/mol. The molecule has 0 N–H and O–H groups in total. The van der Waals surface area contributed by atoms with Gasteiger partial charge in [0.05, 0.1) is 0 Å². The maximum atomic E-state index is 4.93. The number of aryl methyl sites for hydroxylation is 3. The molecule has 1 saturated carbocycles. The van der Waals surface area contributed by atoms with E-state index in [4.69, 9.17) is 17.0 Å². The Morgan fingerprint density at radius 1 is 1.05 bits per heavy atom. The van der Waals surface area contributed by atoms with E-state index in [1.165, 1.54) is 54.2 Å². The molecule has 0 aliphatic heterocycles. The number of hydrogen-bond donors (Lipinski definition) is 0. The number of halogens is 2. The summed E-state index contributed by atoms with van der Waals surface area (Å²) < 4.78 is 0. The SMILES string of the molecule is Cc1[cH-]c2c(C)ccc(C3CCCCC3)c2c1C.[Cl][Zr][Cl]. The molecule has 0 unspecified atom stereocenters. The Bertz CT molecular complexity index is 595. The maximum absolute atomic E-state index is 4.93. The second-order valence-corrected chi connectivity index (χ2v) is 9.85. The van der Waals surface area contributed by atoms with Crippen molar-refractivity contribution in [2.24, 2.45) is 0 Å². The zero-order valence-electron chi connectivity index (χ0n) is 13.1. The van der Waals surface area contributed by atoms with E-state index < -0.39 is 20.8 Å². The topological polar surface area (TPSA) is 0 Å². The number of fused-ring (bicyclic) bond motifs is 1. The van der Waals surface area contributed by atoms with Crippen molar-refractivity contribution in [3.05, 3.63) is 40.5 Å². The van der Waals surface area contributed by atoms with Crippen molar-refractivity contribution in [2.45, 2.75) is 58.8 Å². The molecule has 21 heavy (non-hydrogen) atoms. The summed E-state index contributed by atoms with van der Waals surface area (Å²) in [7, 11) is 9.87. The Balaban J connectivity index is 0.000000497. The fourth-order valence-electron chi connectivity index (χ4n) is 3.62. The minimum atomic E-state index is -0.826. The molecule has 0 amide bonds. The van der Waals surface area contributed by atoms with Gasteiger partial charge >= 0.3 is 37.9 Å². The summed E-state index contributed by atoms with van der Waals surface area (Å²) in [5.74, 6) is 0.808. The van der Waals surface area contributed by atoms with Crippen LogP contribution in [0, 0.1) is 20.8 Å². The van der Waals surface area contributed by atoms with Gasteiger partial charge in [0, 0.05) is 0 Å². The second-order valence-electron chi connectivity index (χ2n) is 6.12. The molecule has 0 aromatic heterocycles. The van der Waals surface area contributed by atoms with E-state index in [0.29, 0.717) is 0 Å². The summed E-state index contributed by atoms with van der Waals surface area (Å²) >= 11 is -0.826. The van der Waals surface area contributed by atoms with Gasteiger partial charge in [-0.15, -0.1) is 34.0 Å². The van der Waals surface area contributed by atoms with Crippen LogP contribution >= 0.6 is 17.0 Å². The van der Waals surface area contributed by atoms with Crippen molar-refractivity contribution in [3.8, 4) is 0 Å². The predicted octanol–water partition coefficient (Wildman–Crippen LogP) is 6.91. The molecule has 3 rings (SSSR count). The van der Waals surface area contributed by atoms with Crippen LogP contribution in [0.15, 0.2) is 18.2 Å². The molecule has 0 heterocycles. The van der Waals surface area contributed by atoms with Crippen molar-refractivity contribution in [1.82, 2.24) is 0 Å². The molecular weight excluding hydrogens is 378 g/mol. The van der Waals surface area contributed by atoms with E-state index in [-0.39, 0.29) is 0 Å². The third-order valence-electron chi connectivity index (χ3n) is 4.87. The third kappa shape index (κ3) is 3.98. The van der Waals surface area contributed by atoms with Crippen LogP contribution in [0.2, 0.25) is 0 Å². The molecule has 1 fully saturated rings. The van der Waals surface area contributed by atoms with E-state index >= 15 is 0 Å². The Hall–Kier alpha value is 0.293. The van der Waals surface area contributed by atoms with Crippen molar-refractivity contribution >= 4 is 27.8 Å². The van der Waals surface area contributed by atoms with Gasteiger partial charge in [-0.2, -0.15) is 5.56 Å². The third-order valence-corrected chi connectivity index (χ3v) is 4.87. The van der Waals surface area contributed by atoms with Crippen LogP contribution in [0.4, 0.5) is 0 Å². The second kappa shape index (κ2) is 8.23. The van der Waals surface area contributed by atoms with Gasteiger partial charge in [-0.3, -0.25) is 0 Å². The molecule has 2 aromatic carbocycles. The molecule has 3 heteroatoms. The molecule has 1 aliphatic rings. The average Bonchev–Trinajstić information content (AvgIpc) is 2.79.